The van der Waals surface area contributed by atoms with Gasteiger partial charge in [-0.2, -0.15) is 0 Å². The van der Waals surface area contributed by atoms with Gasteiger partial charge >= 0.3 is 0 Å². The van der Waals surface area contributed by atoms with Crippen LogP contribution in [0.1, 0.15) is 25.3 Å². The Morgan fingerprint density at radius 2 is 1.58 bits per heavy atom. The zero-order valence-electron chi connectivity index (χ0n) is 11.4. The number of para-hydroxylation sites is 1. The van der Waals surface area contributed by atoms with Crippen LogP contribution in [0, 0.1) is 11.7 Å². The van der Waals surface area contributed by atoms with E-state index >= 15 is 0 Å². The monoisotopic (exact) mass is 257 g/mol. The van der Waals surface area contributed by atoms with Gasteiger partial charge in [-0.25, -0.2) is 4.39 Å². The van der Waals surface area contributed by atoms with Crippen LogP contribution in [-0.2, 0) is 0 Å². The van der Waals surface area contributed by atoms with Crippen molar-refractivity contribution in [1.29, 1.82) is 0 Å². The van der Waals surface area contributed by atoms with Gasteiger partial charge in [-0.15, -0.1) is 0 Å². The van der Waals surface area contributed by atoms with Gasteiger partial charge in [0, 0.05) is 12.5 Å². The highest BCUT2D eigenvalue weighted by Gasteiger charge is 2.15. The fourth-order valence-corrected chi connectivity index (χ4v) is 2.26. The van der Waals surface area contributed by atoms with E-state index in [0.29, 0.717) is 17.5 Å². The number of anilines is 1. The van der Waals surface area contributed by atoms with Crippen molar-refractivity contribution in [3.8, 4) is 0 Å². The molecule has 0 saturated carbocycles. The average molecular weight is 257 g/mol. The van der Waals surface area contributed by atoms with E-state index in [1.165, 1.54) is 11.6 Å². The summed E-state index contributed by atoms with van der Waals surface area (Å²) >= 11 is 0. The van der Waals surface area contributed by atoms with Gasteiger partial charge in [-0.1, -0.05) is 56.3 Å². The number of benzene rings is 2. The molecule has 0 heterocycles. The van der Waals surface area contributed by atoms with Gasteiger partial charge in [0.15, 0.2) is 0 Å². The fraction of sp³-hybridized carbons (Fsp3) is 0.294. The normalized spacial score (nSPS) is 12.4. The molecule has 0 aromatic heterocycles. The molecule has 19 heavy (non-hydrogen) atoms. The van der Waals surface area contributed by atoms with Crippen LogP contribution in [0.15, 0.2) is 54.6 Å². The van der Waals surface area contributed by atoms with Crippen LogP contribution in [0.2, 0.25) is 0 Å². The lowest BCUT2D eigenvalue weighted by atomic mass is 9.88. The molecule has 0 spiro atoms. The molecule has 1 nitrogen and oxygen atoms in total. The van der Waals surface area contributed by atoms with Crippen LogP contribution in [-0.4, -0.2) is 6.54 Å². The van der Waals surface area contributed by atoms with Crippen molar-refractivity contribution in [2.24, 2.45) is 5.92 Å². The van der Waals surface area contributed by atoms with Crippen LogP contribution >= 0.6 is 0 Å². The highest BCUT2D eigenvalue weighted by Crippen LogP contribution is 2.25. The number of hydrogen-bond acceptors (Lipinski definition) is 1. The fourth-order valence-electron chi connectivity index (χ4n) is 2.26. The highest BCUT2D eigenvalue weighted by molar-refractivity contribution is 5.44. The zero-order valence-corrected chi connectivity index (χ0v) is 11.4. The Bertz CT molecular complexity index is 508. The van der Waals surface area contributed by atoms with E-state index in [0.717, 1.165) is 6.54 Å². The van der Waals surface area contributed by atoms with E-state index in [2.05, 4.69) is 31.3 Å². The molecule has 2 heteroatoms. The Morgan fingerprint density at radius 3 is 2.21 bits per heavy atom. The highest BCUT2D eigenvalue weighted by atomic mass is 19.1. The van der Waals surface area contributed by atoms with Gasteiger partial charge in [-0.3, -0.25) is 0 Å². The van der Waals surface area contributed by atoms with E-state index in [9.17, 15) is 4.39 Å². The Hall–Kier alpha value is -1.83. The Morgan fingerprint density at radius 1 is 0.947 bits per heavy atom. The van der Waals surface area contributed by atoms with Gasteiger partial charge < -0.3 is 5.32 Å². The van der Waals surface area contributed by atoms with Gasteiger partial charge in [-0.05, 0) is 23.6 Å². The van der Waals surface area contributed by atoms with Crippen molar-refractivity contribution in [2.45, 2.75) is 19.8 Å². The number of halogens is 1. The number of rotatable bonds is 5. The summed E-state index contributed by atoms with van der Waals surface area (Å²) < 4.78 is 13.6. The largest absolute Gasteiger partial charge is 0.382 e. The molecule has 1 unspecified atom stereocenters. The molecule has 100 valence electrons. The van der Waals surface area contributed by atoms with Crippen molar-refractivity contribution in [3.63, 3.8) is 0 Å². The zero-order chi connectivity index (χ0) is 13.7. The maximum absolute atomic E-state index is 13.6. The van der Waals surface area contributed by atoms with Crippen molar-refractivity contribution in [3.05, 3.63) is 66.0 Å². The second kappa shape index (κ2) is 6.37. The molecule has 1 atom stereocenters. The molecular weight excluding hydrogens is 237 g/mol. The SMILES string of the molecule is CC(C)C(CNc1ccccc1F)c1ccccc1. The first-order chi connectivity index (χ1) is 9.18. The molecule has 0 fully saturated rings. The summed E-state index contributed by atoms with van der Waals surface area (Å²) in [5.74, 6) is 0.681. The maximum Gasteiger partial charge on any atom is 0.146 e. The third kappa shape index (κ3) is 3.57. The molecule has 2 rings (SSSR count). The summed E-state index contributed by atoms with van der Waals surface area (Å²) in [6, 6.07) is 17.2. The third-order valence-electron chi connectivity index (χ3n) is 3.42. The quantitative estimate of drug-likeness (QED) is 0.820. The van der Waals surface area contributed by atoms with Gasteiger partial charge in [0.25, 0.3) is 0 Å². The Kier molecular flexibility index (Phi) is 4.56. The van der Waals surface area contributed by atoms with E-state index in [4.69, 9.17) is 0 Å². The third-order valence-corrected chi connectivity index (χ3v) is 3.42. The first-order valence-corrected chi connectivity index (χ1v) is 6.72. The van der Waals surface area contributed by atoms with Gasteiger partial charge in [0.05, 0.1) is 5.69 Å². The molecule has 0 saturated heterocycles. The average Bonchev–Trinajstić information content (AvgIpc) is 2.42. The Labute approximate surface area is 114 Å². The van der Waals surface area contributed by atoms with E-state index in [1.54, 1.807) is 12.1 Å². The molecule has 0 aliphatic heterocycles. The number of hydrogen-bond donors (Lipinski definition) is 1. The van der Waals surface area contributed by atoms with E-state index in [1.807, 2.05) is 24.3 Å². The van der Waals surface area contributed by atoms with Crippen molar-refractivity contribution < 1.29 is 4.39 Å². The Balaban J connectivity index is 2.09. The van der Waals surface area contributed by atoms with E-state index < -0.39 is 0 Å². The standard InChI is InChI=1S/C17H20FN/c1-13(2)15(14-8-4-3-5-9-14)12-19-17-11-7-6-10-16(17)18/h3-11,13,15,19H,12H2,1-2H3. The molecule has 0 aliphatic carbocycles. The predicted molar refractivity (Wildman–Crippen MR) is 78.9 cm³/mol. The minimum absolute atomic E-state index is 0.196. The molecular formula is C17H20FN. The molecule has 2 aromatic rings. The maximum atomic E-state index is 13.6. The van der Waals surface area contributed by atoms with Gasteiger partial charge in [0.1, 0.15) is 5.82 Å². The molecule has 2 aromatic carbocycles. The summed E-state index contributed by atoms with van der Waals surface area (Å²) in [6.07, 6.45) is 0. The van der Waals surface area contributed by atoms with Gasteiger partial charge in [0.2, 0.25) is 0 Å². The predicted octanol–water partition coefficient (Wildman–Crippen LogP) is 4.68. The second-order valence-corrected chi connectivity index (χ2v) is 5.12. The molecule has 0 aliphatic rings. The van der Waals surface area contributed by atoms with Crippen LogP contribution in [0.5, 0.6) is 0 Å². The van der Waals surface area contributed by atoms with Crippen molar-refractivity contribution >= 4 is 5.69 Å². The lowest BCUT2D eigenvalue weighted by Crippen LogP contribution is -2.18. The topological polar surface area (TPSA) is 12.0 Å². The first kappa shape index (κ1) is 13.6. The minimum atomic E-state index is -0.196. The molecule has 0 amide bonds. The lowest BCUT2D eigenvalue weighted by Gasteiger charge is -2.22. The molecule has 1 N–H and O–H groups in total. The minimum Gasteiger partial charge on any atom is -0.382 e. The van der Waals surface area contributed by atoms with Crippen LogP contribution in [0.4, 0.5) is 10.1 Å². The summed E-state index contributed by atoms with van der Waals surface area (Å²) in [5.41, 5.74) is 1.87. The summed E-state index contributed by atoms with van der Waals surface area (Å²) in [6.45, 7) is 5.13. The van der Waals surface area contributed by atoms with Crippen molar-refractivity contribution in [2.75, 3.05) is 11.9 Å². The summed E-state index contributed by atoms with van der Waals surface area (Å²) in [7, 11) is 0. The molecule has 0 bridgehead atoms. The lowest BCUT2D eigenvalue weighted by molar-refractivity contribution is 0.515. The first-order valence-electron chi connectivity index (χ1n) is 6.72. The van der Waals surface area contributed by atoms with Crippen LogP contribution < -0.4 is 5.32 Å². The smallest absolute Gasteiger partial charge is 0.146 e. The second-order valence-electron chi connectivity index (χ2n) is 5.12. The molecule has 0 radical (unpaired) electrons. The van der Waals surface area contributed by atoms with Crippen molar-refractivity contribution in [1.82, 2.24) is 0 Å². The summed E-state index contributed by atoms with van der Waals surface area (Å²) in [4.78, 5) is 0. The van der Waals surface area contributed by atoms with Crippen LogP contribution in [0.3, 0.4) is 0 Å². The number of nitrogens with one attached hydrogen (secondary N) is 1. The van der Waals surface area contributed by atoms with E-state index in [-0.39, 0.29) is 5.82 Å². The van der Waals surface area contributed by atoms with Crippen LogP contribution in [0.25, 0.3) is 0 Å². The summed E-state index contributed by atoms with van der Waals surface area (Å²) in [5, 5.41) is 3.22.